The summed E-state index contributed by atoms with van der Waals surface area (Å²) in [4.78, 5) is 17.3. The quantitative estimate of drug-likeness (QED) is 0.770. The Morgan fingerprint density at radius 2 is 1.67 bits per heavy atom. The van der Waals surface area contributed by atoms with Crippen molar-refractivity contribution in [3.8, 4) is 0 Å². The fourth-order valence-electron chi connectivity index (χ4n) is 3.68. The van der Waals surface area contributed by atoms with E-state index in [-0.39, 0.29) is 5.41 Å². The molecule has 2 rings (SSSR count). The van der Waals surface area contributed by atoms with Crippen LogP contribution in [-0.4, -0.2) is 48.9 Å². The van der Waals surface area contributed by atoms with Gasteiger partial charge in [0.2, 0.25) is 5.91 Å². The minimum absolute atomic E-state index is 0.00984. The smallest absolute Gasteiger partial charge is 0.228 e. The third-order valence-corrected chi connectivity index (χ3v) is 4.60. The molecule has 1 aliphatic carbocycles. The number of carbonyl (C=O) groups excluding carboxylic acids is 1. The summed E-state index contributed by atoms with van der Waals surface area (Å²) in [7, 11) is 2.14. The summed E-state index contributed by atoms with van der Waals surface area (Å²) in [6, 6.07) is 0. The highest BCUT2D eigenvalue weighted by Crippen LogP contribution is 2.44. The number of piperazine rings is 1. The summed E-state index contributed by atoms with van der Waals surface area (Å²) in [6.07, 6.45) is 5.81. The molecular formula is C15H28N2O. The van der Waals surface area contributed by atoms with Crippen molar-refractivity contribution in [2.45, 2.75) is 46.0 Å². The van der Waals surface area contributed by atoms with Gasteiger partial charge < -0.3 is 9.80 Å². The molecule has 3 nitrogen and oxygen atoms in total. The van der Waals surface area contributed by atoms with Gasteiger partial charge in [0, 0.05) is 31.6 Å². The number of carbonyl (C=O) groups is 1. The van der Waals surface area contributed by atoms with Gasteiger partial charge in [-0.25, -0.2) is 0 Å². The molecule has 1 amide bonds. The molecule has 0 atom stereocenters. The van der Waals surface area contributed by atoms with Crippen LogP contribution in [0.25, 0.3) is 0 Å². The van der Waals surface area contributed by atoms with Crippen LogP contribution in [0.15, 0.2) is 0 Å². The van der Waals surface area contributed by atoms with Gasteiger partial charge in [-0.1, -0.05) is 26.7 Å². The van der Waals surface area contributed by atoms with Gasteiger partial charge >= 0.3 is 0 Å². The Balaban J connectivity index is 2.04. The van der Waals surface area contributed by atoms with Crippen molar-refractivity contribution in [2.24, 2.45) is 11.3 Å². The third kappa shape index (κ3) is 2.87. The Labute approximate surface area is 112 Å². The maximum absolute atomic E-state index is 12.9. The van der Waals surface area contributed by atoms with Crippen molar-refractivity contribution >= 4 is 5.91 Å². The first-order chi connectivity index (χ1) is 8.53. The number of hydrogen-bond donors (Lipinski definition) is 0. The topological polar surface area (TPSA) is 23.6 Å². The fourth-order valence-corrected chi connectivity index (χ4v) is 3.68. The van der Waals surface area contributed by atoms with Gasteiger partial charge in [-0.15, -0.1) is 0 Å². The molecule has 3 heteroatoms. The first-order valence-corrected chi connectivity index (χ1v) is 7.51. The summed E-state index contributed by atoms with van der Waals surface area (Å²) in [5.74, 6) is 1.08. The zero-order valence-corrected chi connectivity index (χ0v) is 12.2. The van der Waals surface area contributed by atoms with Crippen LogP contribution in [0.1, 0.15) is 46.0 Å². The van der Waals surface area contributed by atoms with E-state index >= 15 is 0 Å². The van der Waals surface area contributed by atoms with E-state index in [1.54, 1.807) is 0 Å². The number of nitrogens with zero attached hydrogens (tertiary/aromatic N) is 2. The largest absolute Gasteiger partial charge is 0.340 e. The second-order valence-corrected chi connectivity index (χ2v) is 6.68. The molecule has 0 N–H and O–H groups in total. The van der Waals surface area contributed by atoms with Crippen LogP contribution >= 0.6 is 0 Å². The zero-order valence-electron chi connectivity index (χ0n) is 12.2. The zero-order chi connectivity index (χ0) is 13.2. The van der Waals surface area contributed by atoms with Gasteiger partial charge in [0.1, 0.15) is 0 Å². The normalized spacial score (nSPS) is 24.8. The molecule has 1 aliphatic heterocycles. The summed E-state index contributed by atoms with van der Waals surface area (Å²) in [5, 5.41) is 0. The highest BCUT2D eigenvalue weighted by Gasteiger charge is 2.43. The van der Waals surface area contributed by atoms with E-state index in [4.69, 9.17) is 0 Å². The minimum Gasteiger partial charge on any atom is -0.340 e. The maximum atomic E-state index is 12.9. The Morgan fingerprint density at radius 3 is 2.17 bits per heavy atom. The van der Waals surface area contributed by atoms with Gasteiger partial charge in [-0.3, -0.25) is 4.79 Å². The molecule has 1 saturated carbocycles. The molecule has 0 bridgehead atoms. The summed E-state index contributed by atoms with van der Waals surface area (Å²) < 4.78 is 0. The van der Waals surface area contributed by atoms with E-state index in [9.17, 15) is 4.79 Å². The second-order valence-electron chi connectivity index (χ2n) is 6.68. The number of likely N-dealkylation sites (N-methyl/N-ethyl adjacent to an activating group) is 1. The lowest BCUT2D eigenvalue weighted by molar-refractivity contribution is -0.144. The molecule has 0 aromatic carbocycles. The van der Waals surface area contributed by atoms with Crippen molar-refractivity contribution in [2.75, 3.05) is 33.2 Å². The Kier molecular flexibility index (Phi) is 4.31. The molecule has 0 aromatic heterocycles. The summed E-state index contributed by atoms with van der Waals surface area (Å²) >= 11 is 0. The van der Waals surface area contributed by atoms with Crippen LogP contribution in [0, 0.1) is 11.3 Å². The van der Waals surface area contributed by atoms with Crippen molar-refractivity contribution in [1.29, 1.82) is 0 Å². The predicted octanol–water partition coefficient (Wildman–Crippen LogP) is 2.37. The lowest BCUT2D eigenvalue weighted by Crippen LogP contribution is -2.52. The average Bonchev–Trinajstić information content (AvgIpc) is 2.78. The molecule has 2 fully saturated rings. The van der Waals surface area contributed by atoms with Crippen LogP contribution in [0.2, 0.25) is 0 Å². The molecule has 0 unspecified atom stereocenters. The third-order valence-electron chi connectivity index (χ3n) is 4.60. The molecule has 1 heterocycles. The highest BCUT2D eigenvalue weighted by atomic mass is 16.2. The molecule has 18 heavy (non-hydrogen) atoms. The lowest BCUT2D eigenvalue weighted by atomic mass is 9.77. The van der Waals surface area contributed by atoms with E-state index < -0.39 is 0 Å². The molecule has 2 aliphatic rings. The van der Waals surface area contributed by atoms with E-state index in [0.29, 0.717) is 11.8 Å². The van der Waals surface area contributed by atoms with Gasteiger partial charge in [0.25, 0.3) is 0 Å². The van der Waals surface area contributed by atoms with Gasteiger partial charge in [0.05, 0.1) is 0 Å². The van der Waals surface area contributed by atoms with E-state index in [0.717, 1.165) is 45.4 Å². The van der Waals surface area contributed by atoms with Crippen LogP contribution in [-0.2, 0) is 4.79 Å². The Hall–Kier alpha value is -0.570. The predicted molar refractivity (Wildman–Crippen MR) is 74.4 cm³/mol. The molecule has 0 aromatic rings. The molecule has 1 saturated heterocycles. The standard InChI is InChI=1S/C15H28N2O/c1-13(2)12-15(6-4-5-7-15)14(18)17-10-8-16(3)9-11-17/h13H,4-12H2,1-3H3. The van der Waals surface area contributed by atoms with E-state index in [1.165, 1.54) is 12.8 Å². The van der Waals surface area contributed by atoms with Gasteiger partial charge in [-0.05, 0) is 32.2 Å². The molecule has 104 valence electrons. The Morgan fingerprint density at radius 1 is 1.11 bits per heavy atom. The van der Waals surface area contributed by atoms with E-state index in [2.05, 4.69) is 30.7 Å². The molecular weight excluding hydrogens is 224 g/mol. The van der Waals surface area contributed by atoms with Crippen molar-refractivity contribution in [3.05, 3.63) is 0 Å². The highest BCUT2D eigenvalue weighted by molar-refractivity contribution is 5.83. The monoisotopic (exact) mass is 252 g/mol. The summed E-state index contributed by atoms with van der Waals surface area (Å²) in [6.45, 7) is 8.41. The van der Waals surface area contributed by atoms with Crippen molar-refractivity contribution < 1.29 is 4.79 Å². The minimum atomic E-state index is -0.00984. The van der Waals surface area contributed by atoms with Gasteiger partial charge in [0.15, 0.2) is 0 Å². The number of amides is 1. The van der Waals surface area contributed by atoms with Gasteiger partial charge in [-0.2, -0.15) is 0 Å². The average molecular weight is 252 g/mol. The maximum Gasteiger partial charge on any atom is 0.228 e. The first-order valence-electron chi connectivity index (χ1n) is 7.51. The van der Waals surface area contributed by atoms with Crippen LogP contribution in [0.5, 0.6) is 0 Å². The van der Waals surface area contributed by atoms with E-state index in [1.807, 2.05) is 0 Å². The van der Waals surface area contributed by atoms with Crippen molar-refractivity contribution in [3.63, 3.8) is 0 Å². The number of hydrogen-bond acceptors (Lipinski definition) is 2. The van der Waals surface area contributed by atoms with Crippen LogP contribution in [0.4, 0.5) is 0 Å². The molecule has 0 radical (unpaired) electrons. The SMILES string of the molecule is CC(C)CC1(C(=O)N2CCN(C)CC2)CCCC1. The fraction of sp³-hybridized carbons (Fsp3) is 0.933. The van der Waals surface area contributed by atoms with Crippen LogP contribution in [0.3, 0.4) is 0 Å². The van der Waals surface area contributed by atoms with Crippen LogP contribution < -0.4 is 0 Å². The van der Waals surface area contributed by atoms with Crippen molar-refractivity contribution in [1.82, 2.24) is 9.80 Å². The lowest BCUT2D eigenvalue weighted by Gasteiger charge is -2.39. The summed E-state index contributed by atoms with van der Waals surface area (Å²) in [5.41, 5.74) is -0.00984. The second kappa shape index (κ2) is 5.60. The first kappa shape index (κ1) is 13.9. The number of rotatable bonds is 3. The Bertz CT molecular complexity index is 287. The molecule has 0 spiro atoms.